The molecular formula is C15H11BrClN5O2S. The highest BCUT2D eigenvalue weighted by molar-refractivity contribution is 9.10. The van der Waals surface area contributed by atoms with Gasteiger partial charge in [0, 0.05) is 15.1 Å². The summed E-state index contributed by atoms with van der Waals surface area (Å²) in [4.78, 5) is 4.34. The van der Waals surface area contributed by atoms with Gasteiger partial charge in [-0.15, -0.1) is 0 Å². The Bertz CT molecular complexity index is 1020. The summed E-state index contributed by atoms with van der Waals surface area (Å²) >= 11 is 9.46. The first-order valence-corrected chi connectivity index (χ1v) is 9.79. The van der Waals surface area contributed by atoms with Crippen molar-refractivity contribution in [3.8, 4) is 6.19 Å². The summed E-state index contributed by atoms with van der Waals surface area (Å²) in [5.74, 6) is -0.0518. The van der Waals surface area contributed by atoms with E-state index in [1.165, 1.54) is 0 Å². The second-order valence-electron chi connectivity index (χ2n) is 5.08. The number of guanidine groups is 1. The molecule has 25 heavy (non-hydrogen) atoms. The van der Waals surface area contributed by atoms with Crippen LogP contribution in [0.15, 0.2) is 45.9 Å². The highest BCUT2D eigenvalue weighted by Gasteiger charge is 2.28. The second-order valence-corrected chi connectivity index (χ2v) is 8.07. The number of rotatable bonds is 2. The number of nitrogens with zero attached hydrogens (tertiary/aromatic N) is 2. The van der Waals surface area contributed by atoms with Crippen molar-refractivity contribution in [1.82, 2.24) is 5.32 Å². The van der Waals surface area contributed by atoms with Gasteiger partial charge in [-0.3, -0.25) is 10.0 Å². The molecule has 7 nitrogen and oxygen atoms in total. The molecule has 0 fully saturated rings. The van der Waals surface area contributed by atoms with Crippen LogP contribution in [0, 0.1) is 11.5 Å². The van der Waals surface area contributed by atoms with Gasteiger partial charge in [0.25, 0.3) is 0 Å². The Labute approximate surface area is 157 Å². The quantitative estimate of drug-likeness (QED) is 0.287. The molecule has 0 aliphatic carbocycles. The lowest BCUT2D eigenvalue weighted by Crippen LogP contribution is -2.26. The monoisotopic (exact) mass is 439 g/mol. The topological polar surface area (TPSA) is 106 Å². The largest absolute Gasteiger partial charge is 0.323 e. The number of benzene rings is 2. The lowest BCUT2D eigenvalue weighted by atomic mass is 10.1. The number of para-hydroxylation sites is 1. The fourth-order valence-corrected chi connectivity index (χ4v) is 4.27. The minimum atomic E-state index is -3.47. The van der Waals surface area contributed by atoms with Gasteiger partial charge in [0.15, 0.2) is 6.19 Å². The number of nitriles is 1. The molecule has 0 saturated carbocycles. The Balaban J connectivity index is 2.00. The number of nitrogens with one attached hydrogen (secondary N) is 3. The van der Waals surface area contributed by atoms with Gasteiger partial charge in [0.2, 0.25) is 16.0 Å². The maximum Gasteiger partial charge on any atom is 0.237 e. The Morgan fingerprint density at radius 1 is 1.32 bits per heavy atom. The zero-order chi connectivity index (χ0) is 18.0. The molecule has 0 amide bonds. The number of aliphatic imine (C=N–C) groups is 1. The van der Waals surface area contributed by atoms with E-state index in [0.717, 1.165) is 4.47 Å². The Hall–Kier alpha value is -2.28. The van der Waals surface area contributed by atoms with E-state index in [-0.39, 0.29) is 11.7 Å². The predicted molar refractivity (Wildman–Crippen MR) is 101 cm³/mol. The van der Waals surface area contributed by atoms with Crippen molar-refractivity contribution in [2.75, 3.05) is 10.0 Å². The molecular weight excluding hydrogens is 430 g/mol. The molecule has 0 unspecified atom stereocenters. The van der Waals surface area contributed by atoms with E-state index in [0.29, 0.717) is 27.6 Å². The van der Waals surface area contributed by atoms with Gasteiger partial charge in [0.1, 0.15) is 0 Å². The van der Waals surface area contributed by atoms with Crippen LogP contribution in [0.2, 0.25) is 5.02 Å². The second kappa shape index (κ2) is 6.92. The maximum atomic E-state index is 11.8. The van der Waals surface area contributed by atoms with Gasteiger partial charge in [-0.05, 0) is 40.2 Å². The van der Waals surface area contributed by atoms with Crippen molar-refractivity contribution in [2.24, 2.45) is 4.99 Å². The number of halogens is 2. The van der Waals surface area contributed by atoms with Crippen molar-refractivity contribution in [1.29, 1.82) is 5.26 Å². The van der Waals surface area contributed by atoms with Gasteiger partial charge < -0.3 is 5.32 Å². The molecule has 0 bridgehead atoms. The lowest BCUT2D eigenvalue weighted by Gasteiger charge is -2.12. The number of sulfonamides is 1. The van der Waals surface area contributed by atoms with Crippen molar-refractivity contribution in [3.63, 3.8) is 0 Å². The van der Waals surface area contributed by atoms with Crippen LogP contribution < -0.4 is 15.4 Å². The Morgan fingerprint density at radius 3 is 2.80 bits per heavy atom. The number of anilines is 2. The third-order valence-corrected chi connectivity index (χ3v) is 5.57. The molecule has 10 heteroatoms. The SMILES string of the molecule is N#CNC(=Nc1ccccc1Br)Nc1ccc(Cl)c2c1NS(=O)(=O)C2. The third-order valence-electron chi connectivity index (χ3n) is 3.36. The van der Waals surface area contributed by atoms with E-state index < -0.39 is 10.0 Å². The Kier molecular flexibility index (Phi) is 4.85. The summed E-state index contributed by atoms with van der Waals surface area (Å²) < 4.78 is 26.9. The maximum absolute atomic E-state index is 11.8. The summed E-state index contributed by atoms with van der Waals surface area (Å²) in [6, 6.07) is 10.4. The fraction of sp³-hybridized carbons (Fsp3) is 0.0667. The van der Waals surface area contributed by atoms with Crippen LogP contribution in [0.5, 0.6) is 0 Å². The van der Waals surface area contributed by atoms with Crippen LogP contribution in [-0.2, 0) is 15.8 Å². The van der Waals surface area contributed by atoms with Crippen LogP contribution in [0.1, 0.15) is 5.56 Å². The van der Waals surface area contributed by atoms with Crippen molar-refractivity contribution >= 4 is 60.6 Å². The molecule has 2 aromatic rings. The van der Waals surface area contributed by atoms with E-state index in [1.807, 2.05) is 18.2 Å². The molecule has 0 aromatic heterocycles. The molecule has 0 saturated heterocycles. The molecule has 1 heterocycles. The lowest BCUT2D eigenvalue weighted by molar-refractivity contribution is 0.602. The van der Waals surface area contributed by atoms with Gasteiger partial charge >= 0.3 is 0 Å². The predicted octanol–water partition coefficient (Wildman–Crippen LogP) is 3.53. The molecule has 0 atom stereocenters. The van der Waals surface area contributed by atoms with Crippen LogP contribution in [0.4, 0.5) is 17.1 Å². The van der Waals surface area contributed by atoms with Crippen molar-refractivity contribution < 1.29 is 8.42 Å². The van der Waals surface area contributed by atoms with Gasteiger partial charge in [-0.1, -0.05) is 23.7 Å². The summed E-state index contributed by atoms with van der Waals surface area (Å²) in [7, 11) is -3.47. The summed E-state index contributed by atoms with van der Waals surface area (Å²) in [5, 5.41) is 14.7. The standard InChI is InChI=1S/C15H11BrClN5O2S/c16-10-3-1-2-4-12(10)20-15(19-8-18)21-13-6-5-11(17)9-7-25(23,24)22-14(9)13/h1-6,22H,7H2,(H2,19,20,21). The highest BCUT2D eigenvalue weighted by atomic mass is 79.9. The molecule has 3 rings (SSSR count). The highest BCUT2D eigenvalue weighted by Crippen LogP contribution is 2.39. The molecule has 2 aromatic carbocycles. The molecule has 128 valence electrons. The van der Waals surface area contributed by atoms with Crippen LogP contribution in [0.25, 0.3) is 0 Å². The average molecular weight is 441 g/mol. The van der Waals surface area contributed by atoms with E-state index in [1.54, 1.807) is 24.4 Å². The Morgan fingerprint density at radius 2 is 2.08 bits per heavy atom. The van der Waals surface area contributed by atoms with E-state index in [9.17, 15) is 8.42 Å². The summed E-state index contributed by atoms with van der Waals surface area (Å²) in [6.07, 6.45) is 1.80. The number of hydrogen-bond acceptors (Lipinski definition) is 4. The molecule has 0 spiro atoms. The number of fused-ring (bicyclic) bond motifs is 1. The van der Waals surface area contributed by atoms with Gasteiger partial charge in [-0.2, -0.15) is 5.26 Å². The van der Waals surface area contributed by atoms with Crippen LogP contribution in [-0.4, -0.2) is 14.4 Å². The van der Waals surface area contributed by atoms with Gasteiger partial charge in [-0.25, -0.2) is 13.4 Å². The normalized spacial score (nSPS) is 15.0. The summed E-state index contributed by atoms with van der Waals surface area (Å²) in [5.41, 5.74) is 1.86. The minimum Gasteiger partial charge on any atom is -0.323 e. The van der Waals surface area contributed by atoms with Crippen molar-refractivity contribution in [3.05, 3.63) is 51.5 Å². The first kappa shape index (κ1) is 17.5. The minimum absolute atomic E-state index is 0.144. The number of hydrogen-bond donors (Lipinski definition) is 3. The zero-order valence-corrected chi connectivity index (χ0v) is 15.7. The zero-order valence-electron chi connectivity index (χ0n) is 12.5. The molecule has 0 radical (unpaired) electrons. The van der Waals surface area contributed by atoms with Crippen LogP contribution >= 0.6 is 27.5 Å². The summed E-state index contributed by atoms with van der Waals surface area (Å²) in [6.45, 7) is 0. The van der Waals surface area contributed by atoms with E-state index in [4.69, 9.17) is 16.9 Å². The van der Waals surface area contributed by atoms with Gasteiger partial charge in [0.05, 0.1) is 22.8 Å². The van der Waals surface area contributed by atoms with E-state index in [2.05, 4.69) is 36.3 Å². The smallest absolute Gasteiger partial charge is 0.237 e. The molecule has 1 aliphatic rings. The third kappa shape index (κ3) is 3.87. The molecule has 1 aliphatic heterocycles. The first-order valence-electron chi connectivity index (χ1n) is 6.97. The first-order chi connectivity index (χ1) is 11.9. The fourth-order valence-electron chi connectivity index (χ4n) is 2.30. The van der Waals surface area contributed by atoms with E-state index >= 15 is 0 Å². The average Bonchev–Trinajstić information content (AvgIpc) is 2.89. The van der Waals surface area contributed by atoms with Crippen LogP contribution in [0.3, 0.4) is 0 Å². The molecule has 3 N–H and O–H groups in total. The van der Waals surface area contributed by atoms with Crippen molar-refractivity contribution in [2.45, 2.75) is 5.75 Å².